The van der Waals surface area contributed by atoms with Gasteiger partial charge in [-0.25, -0.2) is 4.98 Å². The molecule has 5 nitrogen and oxygen atoms in total. The summed E-state index contributed by atoms with van der Waals surface area (Å²) in [5.74, 6) is 1.58. The molecular weight excluding hydrogens is 441 g/mol. The number of aryl methyl sites for hydroxylation is 2. The van der Waals surface area contributed by atoms with Crippen molar-refractivity contribution >= 4 is 46.7 Å². The van der Waals surface area contributed by atoms with Crippen molar-refractivity contribution < 1.29 is 9.21 Å². The van der Waals surface area contributed by atoms with Crippen LogP contribution in [0.4, 0.5) is 0 Å². The number of piperazine rings is 1. The molecule has 0 unspecified atom stereocenters. The first-order valence-electron chi connectivity index (χ1n) is 8.27. The predicted molar refractivity (Wildman–Crippen MR) is 111 cm³/mol. The summed E-state index contributed by atoms with van der Waals surface area (Å²) in [5.41, 5.74) is 1.85. The van der Waals surface area contributed by atoms with Crippen molar-refractivity contribution in [2.24, 2.45) is 0 Å². The molecule has 1 N–H and O–H groups in total. The lowest BCUT2D eigenvalue weighted by Crippen LogP contribution is -2.52. The summed E-state index contributed by atoms with van der Waals surface area (Å²) in [6, 6.07) is 8.19. The number of carbonyl (C=O) groups excluding carboxylic acids is 1. The molecule has 0 spiro atoms. The standard InChI is InChI=1S/C18H22BrN3O2.2ClH/c1-12-11-20-9-10-22(12)17(23)8-7-16-21-13(2)18(24-16)14-3-5-15(19)6-4-14;;/h3-6,12,20H,7-11H2,1-2H3;2*1H/t12-;;/m1../s1. The van der Waals surface area contributed by atoms with Gasteiger partial charge in [0, 0.05) is 48.6 Å². The second kappa shape index (κ2) is 10.3. The van der Waals surface area contributed by atoms with E-state index in [2.05, 4.69) is 33.2 Å². The van der Waals surface area contributed by atoms with Crippen LogP contribution in [-0.4, -0.2) is 41.5 Å². The predicted octanol–water partition coefficient (Wildman–Crippen LogP) is 4.01. The van der Waals surface area contributed by atoms with Crippen LogP contribution in [0.2, 0.25) is 0 Å². The fourth-order valence-corrected chi connectivity index (χ4v) is 3.26. The molecule has 1 aliphatic rings. The van der Waals surface area contributed by atoms with Crippen LogP contribution in [0.5, 0.6) is 0 Å². The lowest BCUT2D eigenvalue weighted by molar-refractivity contribution is -0.134. The Morgan fingerprint density at radius 2 is 2.04 bits per heavy atom. The molecule has 1 aromatic heterocycles. The molecule has 3 rings (SSSR count). The summed E-state index contributed by atoms with van der Waals surface area (Å²) in [6.07, 6.45) is 0.969. The molecule has 2 aromatic rings. The Balaban J connectivity index is 0.00000169. The number of hydrogen-bond donors (Lipinski definition) is 1. The van der Waals surface area contributed by atoms with Crippen molar-refractivity contribution in [1.29, 1.82) is 0 Å². The maximum absolute atomic E-state index is 12.4. The van der Waals surface area contributed by atoms with E-state index >= 15 is 0 Å². The third-order valence-electron chi connectivity index (χ3n) is 4.32. The normalized spacial score (nSPS) is 16.6. The zero-order valence-electron chi connectivity index (χ0n) is 14.8. The molecule has 1 aromatic carbocycles. The molecule has 0 saturated carbocycles. The number of rotatable bonds is 4. The molecule has 1 aliphatic heterocycles. The van der Waals surface area contributed by atoms with E-state index in [1.807, 2.05) is 36.1 Å². The van der Waals surface area contributed by atoms with E-state index < -0.39 is 0 Å². The quantitative estimate of drug-likeness (QED) is 0.742. The number of hydrogen-bond acceptors (Lipinski definition) is 4. The molecule has 0 aliphatic carbocycles. The van der Waals surface area contributed by atoms with Gasteiger partial charge in [0.2, 0.25) is 5.91 Å². The van der Waals surface area contributed by atoms with E-state index in [-0.39, 0.29) is 36.8 Å². The van der Waals surface area contributed by atoms with Crippen molar-refractivity contribution in [3.8, 4) is 11.3 Å². The molecule has 26 heavy (non-hydrogen) atoms. The van der Waals surface area contributed by atoms with Gasteiger partial charge in [-0.1, -0.05) is 28.1 Å². The minimum Gasteiger partial charge on any atom is -0.440 e. The highest BCUT2D eigenvalue weighted by Gasteiger charge is 2.23. The van der Waals surface area contributed by atoms with Crippen LogP contribution in [0.25, 0.3) is 11.3 Å². The van der Waals surface area contributed by atoms with Gasteiger partial charge in [-0.05, 0) is 26.0 Å². The van der Waals surface area contributed by atoms with Gasteiger partial charge in [-0.3, -0.25) is 4.79 Å². The Labute approximate surface area is 174 Å². The number of nitrogens with zero attached hydrogens (tertiary/aromatic N) is 2. The Bertz CT molecular complexity index is 722. The zero-order chi connectivity index (χ0) is 17.1. The molecule has 144 valence electrons. The highest BCUT2D eigenvalue weighted by molar-refractivity contribution is 9.10. The largest absolute Gasteiger partial charge is 0.440 e. The van der Waals surface area contributed by atoms with Crippen molar-refractivity contribution in [3.63, 3.8) is 0 Å². The van der Waals surface area contributed by atoms with Gasteiger partial charge in [-0.2, -0.15) is 0 Å². The second-order valence-electron chi connectivity index (χ2n) is 6.17. The number of nitrogens with one attached hydrogen (secondary N) is 1. The van der Waals surface area contributed by atoms with Crippen LogP contribution >= 0.6 is 40.7 Å². The van der Waals surface area contributed by atoms with E-state index in [0.717, 1.165) is 41.1 Å². The van der Waals surface area contributed by atoms with Gasteiger partial charge in [0.1, 0.15) is 0 Å². The third-order valence-corrected chi connectivity index (χ3v) is 4.85. The molecule has 8 heteroatoms. The van der Waals surface area contributed by atoms with E-state index in [4.69, 9.17) is 4.42 Å². The Morgan fingerprint density at radius 1 is 1.35 bits per heavy atom. The summed E-state index contributed by atoms with van der Waals surface area (Å²) in [5, 5.41) is 3.30. The number of halogens is 3. The number of amides is 1. The average molecular weight is 465 g/mol. The first-order chi connectivity index (χ1) is 11.5. The fourth-order valence-electron chi connectivity index (χ4n) is 3.00. The monoisotopic (exact) mass is 463 g/mol. The van der Waals surface area contributed by atoms with Gasteiger partial charge < -0.3 is 14.6 Å². The Hall–Kier alpha value is -1.08. The summed E-state index contributed by atoms with van der Waals surface area (Å²) >= 11 is 3.43. The smallest absolute Gasteiger partial charge is 0.223 e. The lowest BCUT2D eigenvalue weighted by atomic mass is 10.1. The summed E-state index contributed by atoms with van der Waals surface area (Å²) in [7, 11) is 0. The van der Waals surface area contributed by atoms with Gasteiger partial charge in [-0.15, -0.1) is 24.8 Å². The second-order valence-corrected chi connectivity index (χ2v) is 7.08. The van der Waals surface area contributed by atoms with Crippen LogP contribution in [-0.2, 0) is 11.2 Å². The van der Waals surface area contributed by atoms with Crippen molar-refractivity contribution in [2.75, 3.05) is 19.6 Å². The number of carbonyl (C=O) groups is 1. The molecule has 2 heterocycles. The first kappa shape index (κ1) is 23.0. The van der Waals surface area contributed by atoms with E-state index in [9.17, 15) is 4.79 Å². The molecule has 1 saturated heterocycles. The summed E-state index contributed by atoms with van der Waals surface area (Å²) in [4.78, 5) is 18.8. The highest BCUT2D eigenvalue weighted by Crippen LogP contribution is 2.26. The van der Waals surface area contributed by atoms with E-state index in [0.29, 0.717) is 18.7 Å². The summed E-state index contributed by atoms with van der Waals surface area (Å²) < 4.78 is 6.92. The topological polar surface area (TPSA) is 58.4 Å². The van der Waals surface area contributed by atoms with Gasteiger partial charge in [0.15, 0.2) is 11.7 Å². The van der Waals surface area contributed by atoms with Crippen LogP contribution in [0.15, 0.2) is 33.2 Å². The van der Waals surface area contributed by atoms with Crippen LogP contribution in [0, 0.1) is 6.92 Å². The minimum atomic E-state index is 0. The molecule has 0 bridgehead atoms. The number of benzene rings is 1. The maximum Gasteiger partial charge on any atom is 0.223 e. The molecule has 1 fully saturated rings. The molecule has 1 amide bonds. The van der Waals surface area contributed by atoms with Gasteiger partial charge >= 0.3 is 0 Å². The zero-order valence-corrected chi connectivity index (χ0v) is 18.0. The van der Waals surface area contributed by atoms with E-state index in [1.54, 1.807) is 0 Å². The van der Waals surface area contributed by atoms with Crippen LogP contribution in [0.3, 0.4) is 0 Å². The molecular formula is C18H24BrCl2N3O2. The average Bonchev–Trinajstić information content (AvgIpc) is 2.95. The highest BCUT2D eigenvalue weighted by atomic mass is 79.9. The fraction of sp³-hybridized carbons (Fsp3) is 0.444. The SMILES string of the molecule is Cc1nc(CCC(=O)N2CCNC[C@H]2C)oc1-c1ccc(Br)cc1.Cl.Cl. The maximum atomic E-state index is 12.4. The Morgan fingerprint density at radius 3 is 2.69 bits per heavy atom. The van der Waals surface area contributed by atoms with Gasteiger partial charge in [0.25, 0.3) is 0 Å². The number of oxazole rings is 1. The third kappa shape index (κ3) is 5.46. The van der Waals surface area contributed by atoms with Crippen LogP contribution < -0.4 is 5.32 Å². The number of aromatic nitrogens is 1. The van der Waals surface area contributed by atoms with Crippen molar-refractivity contribution in [3.05, 3.63) is 40.3 Å². The Kier molecular flexibility index (Phi) is 9.10. The van der Waals surface area contributed by atoms with Crippen molar-refractivity contribution in [1.82, 2.24) is 15.2 Å². The minimum absolute atomic E-state index is 0. The molecule has 1 atom stereocenters. The molecule has 0 radical (unpaired) electrons. The van der Waals surface area contributed by atoms with Crippen molar-refractivity contribution in [2.45, 2.75) is 32.7 Å². The lowest BCUT2D eigenvalue weighted by Gasteiger charge is -2.34. The summed E-state index contributed by atoms with van der Waals surface area (Å²) in [6.45, 7) is 6.50. The van der Waals surface area contributed by atoms with Crippen LogP contribution in [0.1, 0.15) is 24.9 Å². The van der Waals surface area contributed by atoms with Gasteiger partial charge in [0.05, 0.1) is 5.69 Å². The van der Waals surface area contributed by atoms with E-state index in [1.165, 1.54) is 0 Å². The first-order valence-corrected chi connectivity index (χ1v) is 9.06.